The van der Waals surface area contributed by atoms with E-state index in [9.17, 15) is 13.2 Å². The van der Waals surface area contributed by atoms with E-state index in [1.54, 1.807) is 18.2 Å². The second-order valence-electron chi connectivity index (χ2n) is 8.54. The van der Waals surface area contributed by atoms with Crippen molar-refractivity contribution in [2.75, 3.05) is 6.54 Å². The molecule has 160 valence electrons. The van der Waals surface area contributed by atoms with Crippen LogP contribution in [0.25, 0.3) is 0 Å². The van der Waals surface area contributed by atoms with Gasteiger partial charge in [0, 0.05) is 24.7 Å². The predicted molar refractivity (Wildman–Crippen MR) is 118 cm³/mol. The maximum Gasteiger partial charge on any atom is 0.254 e. The highest BCUT2D eigenvalue weighted by Crippen LogP contribution is 2.36. The Labute approximate surface area is 179 Å². The second-order valence-corrected chi connectivity index (χ2v) is 10.3. The summed E-state index contributed by atoms with van der Waals surface area (Å²) in [6.07, 6.45) is 6.91. The number of amides is 1. The highest BCUT2D eigenvalue weighted by Gasteiger charge is 2.36. The van der Waals surface area contributed by atoms with Crippen molar-refractivity contribution < 1.29 is 13.2 Å². The molecule has 1 heterocycles. The zero-order valence-corrected chi connectivity index (χ0v) is 18.3. The number of piperidine rings is 1. The number of carbonyl (C=O) groups is 1. The summed E-state index contributed by atoms with van der Waals surface area (Å²) in [5, 5.41) is 0. The van der Waals surface area contributed by atoms with Crippen molar-refractivity contribution in [1.82, 2.24) is 9.62 Å². The molecule has 2 aliphatic rings. The number of fused-ring (bicyclic) bond motifs is 1. The van der Waals surface area contributed by atoms with Gasteiger partial charge in [-0.15, -0.1) is 0 Å². The van der Waals surface area contributed by atoms with Crippen molar-refractivity contribution in [3.8, 4) is 0 Å². The summed E-state index contributed by atoms with van der Waals surface area (Å²) in [7, 11) is -3.71. The summed E-state index contributed by atoms with van der Waals surface area (Å²) in [5.74, 6) is 0.570. The third kappa shape index (κ3) is 4.44. The number of hydrogen-bond donors (Lipinski definition) is 1. The van der Waals surface area contributed by atoms with Crippen molar-refractivity contribution in [3.05, 3.63) is 65.2 Å². The van der Waals surface area contributed by atoms with Crippen LogP contribution in [0.3, 0.4) is 0 Å². The molecule has 1 N–H and O–H groups in total. The first kappa shape index (κ1) is 21.1. The molecule has 1 saturated carbocycles. The van der Waals surface area contributed by atoms with Gasteiger partial charge in [0.1, 0.15) is 0 Å². The van der Waals surface area contributed by atoms with E-state index in [2.05, 4.69) is 4.72 Å². The largest absolute Gasteiger partial charge is 0.335 e. The molecule has 0 radical (unpaired) electrons. The number of nitrogens with one attached hydrogen (secondary N) is 1. The smallest absolute Gasteiger partial charge is 0.254 e. The molecule has 2 unspecified atom stereocenters. The number of likely N-dealkylation sites (tertiary alicyclic amines) is 1. The van der Waals surface area contributed by atoms with E-state index in [0.717, 1.165) is 30.5 Å². The molecule has 1 saturated heterocycles. The molecule has 2 fully saturated rings. The lowest BCUT2D eigenvalue weighted by Crippen LogP contribution is -2.49. The van der Waals surface area contributed by atoms with Gasteiger partial charge in [0.05, 0.1) is 4.90 Å². The van der Waals surface area contributed by atoms with Crippen molar-refractivity contribution in [1.29, 1.82) is 0 Å². The molecule has 0 spiro atoms. The summed E-state index contributed by atoms with van der Waals surface area (Å²) in [6.45, 7) is 2.86. The lowest BCUT2D eigenvalue weighted by Gasteiger charge is -2.44. The van der Waals surface area contributed by atoms with Crippen LogP contribution in [0, 0.1) is 12.8 Å². The fraction of sp³-hybridized carbons (Fsp3) is 0.458. The number of aryl methyl sites for hydroxylation is 1. The molecule has 5 nitrogen and oxygen atoms in total. The summed E-state index contributed by atoms with van der Waals surface area (Å²) >= 11 is 0. The minimum absolute atomic E-state index is 0.0239. The Kier molecular flexibility index (Phi) is 6.25. The van der Waals surface area contributed by atoms with Crippen LogP contribution in [0.15, 0.2) is 53.4 Å². The first-order chi connectivity index (χ1) is 14.5. The van der Waals surface area contributed by atoms with E-state index in [4.69, 9.17) is 0 Å². The molecule has 4 rings (SSSR count). The average molecular weight is 427 g/mol. The van der Waals surface area contributed by atoms with Gasteiger partial charge in [-0.3, -0.25) is 4.79 Å². The molecule has 0 aromatic heterocycles. The molecule has 2 atom stereocenters. The Morgan fingerprint density at radius 1 is 1.03 bits per heavy atom. The van der Waals surface area contributed by atoms with Gasteiger partial charge in [0.15, 0.2) is 0 Å². The van der Waals surface area contributed by atoms with Crippen molar-refractivity contribution >= 4 is 15.9 Å². The molecule has 1 amide bonds. The van der Waals surface area contributed by atoms with Crippen molar-refractivity contribution in [2.45, 2.75) is 62.9 Å². The molecule has 1 aliphatic heterocycles. The molecule has 1 aliphatic carbocycles. The maximum atomic E-state index is 13.4. The lowest BCUT2D eigenvalue weighted by atomic mass is 9.78. The van der Waals surface area contributed by atoms with Crippen LogP contribution in [0.1, 0.15) is 60.0 Å². The maximum absolute atomic E-state index is 13.4. The Bertz CT molecular complexity index is 1000. The number of nitrogens with zero attached hydrogens (tertiary/aromatic N) is 1. The quantitative estimate of drug-likeness (QED) is 0.776. The van der Waals surface area contributed by atoms with Gasteiger partial charge >= 0.3 is 0 Å². The summed E-state index contributed by atoms with van der Waals surface area (Å²) in [5.41, 5.74) is 2.21. The van der Waals surface area contributed by atoms with Crippen LogP contribution in [0.4, 0.5) is 0 Å². The van der Waals surface area contributed by atoms with Crippen LogP contribution in [0.5, 0.6) is 0 Å². The van der Waals surface area contributed by atoms with E-state index in [1.165, 1.54) is 25.7 Å². The molecular weight excluding hydrogens is 396 g/mol. The van der Waals surface area contributed by atoms with Gasteiger partial charge in [-0.1, -0.05) is 49.2 Å². The summed E-state index contributed by atoms with van der Waals surface area (Å²) in [6, 6.07) is 14.6. The average Bonchev–Trinajstić information content (AvgIpc) is 2.78. The Morgan fingerprint density at radius 2 is 1.77 bits per heavy atom. The lowest BCUT2D eigenvalue weighted by molar-refractivity contribution is 0.0390. The number of benzene rings is 2. The number of sulfonamides is 1. The highest BCUT2D eigenvalue weighted by atomic mass is 32.2. The first-order valence-corrected chi connectivity index (χ1v) is 12.4. The van der Waals surface area contributed by atoms with Gasteiger partial charge < -0.3 is 4.90 Å². The van der Waals surface area contributed by atoms with Crippen LogP contribution >= 0.6 is 0 Å². The topological polar surface area (TPSA) is 66.5 Å². The number of hydrogen-bond acceptors (Lipinski definition) is 3. The van der Waals surface area contributed by atoms with Gasteiger partial charge in [0.25, 0.3) is 5.91 Å². The monoisotopic (exact) mass is 426 g/mol. The van der Waals surface area contributed by atoms with Crippen LogP contribution in [0.2, 0.25) is 0 Å². The van der Waals surface area contributed by atoms with Crippen LogP contribution < -0.4 is 4.72 Å². The third-order valence-electron chi connectivity index (χ3n) is 6.56. The third-order valence-corrected chi connectivity index (χ3v) is 7.96. The summed E-state index contributed by atoms with van der Waals surface area (Å²) < 4.78 is 28.4. The minimum atomic E-state index is -3.71. The van der Waals surface area contributed by atoms with Crippen molar-refractivity contribution in [2.24, 2.45) is 5.92 Å². The zero-order chi connectivity index (χ0) is 21.1. The first-order valence-electron chi connectivity index (χ1n) is 10.9. The fourth-order valence-electron chi connectivity index (χ4n) is 4.89. The Balaban J connectivity index is 1.56. The molecule has 30 heavy (non-hydrogen) atoms. The standard InChI is InChI=1S/C24H30N2O3S/c1-18-13-14-21(30(28,29)25-17-19-8-3-2-4-9-19)16-22(18)24(27)26-15-7-11-20-10-5-6-12-23(20)26/h2-4,8-9,13-14,16,20,23,25H,5-7,10-12,15,17H2,1H3. The van der Waals surface area contributed by atoms with Crippen LogP contribution in [-0.4, -0.2) is 31.8 Å². The van der Waals surface area contributed by atoms with Gasteiger partial charge in [-0.05, 0) is 61.8 Å². The van der Waals surface area contributed by atoms with Gasteiger partial charge in [0.2, 0.25) is 10.0 Å². The molecular formula is C24H30N2O3S. The number of carbonyl (C=O) groups excluding carboxylic acids is 1. The highest BCUT2D eigenvalue weighted by molar-refractivity contribution is 7.89. The predicted octanol–water partition coefficient (Wildman–Crippen LogP) is 4.27. The van der Waals surface area contributed by atoms with E-state index in [-0.39, 0.29) is 17.3 Å². The van der Waals surface area contributed by atoms with E-state index in [1.807, 2.05) is 42.2 Å². The fourth-order valence-corrected chi connectivity index (χ4v) is 5.93. The van der Waals surface area contributed by atoms with Crippen molar-refractivity contribution in [3.63, 3.8) is 0 Å². The summed E-state index contributed by atoms with van der Waals surface area (Å²) in [4.78, 5) is 15.6. The second kappa shape index (κ2) is 8.90. The van der Waals surface area contributed by atoms with E-state index in [0.29, 0.717) is 17.5 Å². The van der Waals surface area contributed by atoms with Gasteiger partial charge in [-0.25, -0.2) is 13.1 Å². The molecule has 2 aromatic rings. The molecule has 0 bridgehead atoms. The SMILES string of the molecule is Cc1ccc(S(=O)(=O)NCc2ccccc2)cc1C(=O)N1CCCC2CCCCC21. The molecule has 6 heteroatoms. The van der Waals surface area contributed by atoms with Crippen LogP contribution in [-0.2, 0) is 16.6 Å². The van der Waals surface area contributed by atoms with E-state index < -0.39 is 10.0 Å². The van der Waals surface area contributed by atoms with Gasteiger partial charge in [-0.2, -0.15) is 0 Å². The number of rotatable bonds is 5. The normalized spacial score (nSPS) is 21.8. The van der Waals surface area contributed by atoms with E-state index >= 15 is 0 Å². The Morgan fingerprint density at radius 3 is 2.57 bits per heavy atom. The zero-order valence-electron chi connectivity index (χ0n) is 17.5. The minimum Gasteiger partial charge on any atom is -0.335 e. The Hall–Kier alpha value is -2.18. The molecule has 2 aromatic carbocycles.